The van der Waals surface area contributed by atoms with E-state index in [0.29, 0.717) is 0 Å². The second kappa shape index (κ2) is 25.2. The molecule has 10 aromatic rings. The van der Waals surface area contributed by atoms with Gasteiger partial charge in [-0.1, -0.05) is 24.3 Å². The Bertz CT molecular complexity index is 3950. The van der Waals surface area contributed by atoms with Gasteiger partial charge in [-0.3, -0.25) is 0 Å². The Hall–Kier alpha value is -9.88. The first-order chi connectivity index (χ1) is 43.0. The van der Waals surface area contributed by atoms with Crippen LogP contribution < -0.4 is 48.0 Å². The first kappa shape index (κ1) is 58.5. The summed E-state index contributed by atoms with van der Waals surface area (Å²) < 4.78 is 46.5. The van der Waals surface area contributed by atoms with E-state index in [1.165, 1.54) is 44.5 Å². The van der Waals surface area contributed by atoms with Crippen LogP contribution in [0.2, 0.25) is 0 Å². The molecule has 446 valence electrons. The highest BCUT2D eigenvalue weighted by Gasteiger charge is 2.43. The molecule has 4 unspecified atom stereocenters. The molecule has 0 radical (unpaired) electrons. The Kier molecular flexibility index (Phi) is 16.8. The van der Waals surface area contributed by atoms with Gasteiger partial charge in [-0.15, -0.1) is 0 Å². The molecule has 5 atom stereocenters. The summed E-state index contributed by atoms with van der Waals surface area (Å²) in [5, 5.41) is 0. The van der Waals surface area contributed by atoms with Gasteiger partial charge in [0.25, 0.3) is 0 Å². The summed E-state index contributed by atoms with van der Waals surface area (Å²) in [5.41, 5.74) is 19.4. The van der Waals surface area contributed by atoms with Crippen LogP contribution in [0, 0.1) is 0 Å². The smallest absolute Gasteiger partial charge is 0.131 e. The van der Waals surface area contributed by atoms with Crippen molar-refractivity contribution in [2.24, 2.45) is 0 Å². The van der Waals surface area contributed by atoms with Gasteiger partial charge in [-0.05, 0) is 259 Å². The normalized spacial score (nSPS) is 14.5. The third kappa shape index (κ3) is 10.9. The molecule has 2 aliphatic carbocycles. The topological polar surface area (TPSA) is 86.8 Å². The van der Waals surface area contributed by atoms with E-state index in [2.05, 4.69) is 186 Å². The molecule has 2 aliphatic rings. The minimum atomic E-state index is -0.330. The predicted octanol–water partition coefficient (Wildman–Crippen LogP) is 18.3. The number of hydrogen-bond acceptors (Lipinski definition) is 12. The average Bonchev–Trinajstić information content (AvgIpc) is 1.63. The van der Waals surface area contributed by atoms with Crippen LogP contribution in [0.15, 0.2) is 218 Å². The van der Waals surface area contributed by atoms with E-state index in [9.17, 15) is 0 Å². The molecule has 12 rings (SSSR count). The van der Waals surface area contributed by atoms with Gasteiger partial charge >= 0.3 is 0 Å². The summed E-state index contributed by atoms with van der Waals surface area (Å²) in [5.74, 6) is 4.19. The Balaban J connectivity index is 1.13. The Morgan fingerprint density at radius 3 is 0.773 bits per heavy atom. The number of benzene rings is 10. The van der Waals surface area contributed by atoms with Gasteiger partial charge in [0.05, 0.1) is 54.8 Å². The highest BCUT2D eigenvalue weighted by Crippen LogP contribution is 2.61. The van der Waals surface area contributed by atoms with Crippen LogP contribution in [0.4, 0.5) is 56.9 Å². The second-order valence-corrected chi connectivity index (χ2v) is 22.2. The van der Waals surface area contributed by atoms with Gasteiger partial charge in [-0.25, -0.2) is 0 Å². The molecule has 0 bridgehead atoms. The maximum absolute atomic E-state index is 6.23. The van der Waals surface area contributed by atoms with Crippen LogP contribution >= 0.6 is 0 Å². The van der Waals surface area contributed by atoms with Gasteiger partial charge in [0.1, 0.15) is 40.7 Å². The van der Waals surface area contributed by atoms with Crippen LogP contribution in [0.1, 0.15) is 54.9 Å². The van der Waals surface area contributed by atoms with E-state index < -0.39 is 0 Å². The van der Waals surface area contributed by atoms with Gasteiger partial charge in [-0.2, -0.15) is 0 Å². The summed E-state index contributed by atoms with van der Waals surface area (Å²) in [4.78, 5) is 9.30. The Labute approximate surface area is 517 Å². The lowest BCUT2D eigenvalue weighted by molar-refractivity contribution is 0.101. The predicted molar refractivity (Wildman–Crippen MR) is 356 cm³/mol. The highest BCUT2D eigenvalue weighted by molar-refractivity contribution is 5.91. The Morgan fingerprint density at radius 2 is 0.500 bits per heavy atom. The standard InChI is InChI=1S/C76H74N4O8/c1-48(49(2)81-4)77(51-12-28-61(83-6)29-13-51)57-24-40-67-69-42-26-59(79(53-16-32-63(85-8)33-17-53)54-18-34-64(86-9)35-19-54)46-73(69)75(71(67)44-57)76-72-45-58(78(50(3)82-5)52-14-30-62(84-7)31-15-52)25-41-68(72)70-43-27-60(47-74(70)76)80(55-20-36-65(87-10)37-21-55)56-22-38-66(88-11)39-23-56/h12-50,75-76H,1-11H3/t48?,49-,50?,75?,76?/m0/s1. The number of fused-ring (bicyclic) bond motifs is 6. The van der Waals surface area contributed by atoms with Crippen LogP contribution in [0.3, 0.4) is 0 Å². The first-order valence-electron chi connectivity index (χ1n) is 29.6. The van der Waals surface area contributed by atoms with Crippen LogP contribution in [-0.4, -0.2) is 75.3 Å². The number of anilines is 10. The number of rotatable bonds is 22. The molecular weight excluding hydrogens is 1100 g/mol. The lowest BCUT2D eigenvalue weighted by Gasteiger charge is -2.35. The molecule has 10 aromatic carbocycles. The van der Waals surface area contributed by atoms with Crippen molar-refractivity contribution in [1.29, 1.82) is 0 Å². The molecule has 0 saturated carbocycles. The van der Waals surface area contributed by atoms with Gasteiger partial charge < -0.3 is 57.5 Å². The maximum atomic E-state index is 6.23. The largest absolute Gasteiger partial charge is 0.497 e. The van der Waals surface area contributed by atoms with Crippen LogP contribution in [-0.2, 0) is 9.47 Å². The molecule has 12 heteroatoms. The van der Waals surface area contributed by atoms with Crippen molar-refractivity contribution in [3.8, 4) is 56.8 Å². The minimum absolute atomic E-state index is 0.0699. The van der Waals surface area contributed by atoms with Crippen molar-refractivity contribution in [3.63, 3.8) is 0 Å². The summed E-state index contributed by atoms with van der Waals surface area (Å²) in [6, 6.07) is 77.5. The SMILES string of the molecule is COc1ccc(N(c2ccc(OC)cc2)c2ccc3c(c2)C(C2c4cc(N(c5ccc(OC)cc5)c5ccc(OC)cc5)ccc4-c4ccc(N(c5ccc(OC)cc5)C(C)[C@H](C)OC)cc42)c2cc(N(c4ccc(OC)cc4)C(C)OC)ccc2-3)cc1. The molecule has 0 aliphatic heterocycles. The van der Waals surface area contributed by atoms with Crippen molar-refractivity contribution < 1.29 is 37.9 Å². The molecule has 0 amide bonds. The lowest BCUT2D eigenvalue weighted by atomic mass is 9.78. The monoisotopic (exact) mass is 1170 g/mol. The van der Waals surface area contributed by atoms with E-state index in [0.717, 1.165) is 91.4 Å². The lowest BCUT2D eigenvalue weighted by Crippen LogP contribution is -2.38. The maximum Gasteiger partial charge on any atom is 0.131 e. The Morgan fingerprint density at radius 1 is 0.261 bits per heavy atom. The molecule has 0 fully saturated rings. The van der Waals surface area contributed by atoms with Crippen molar-refractivity contribution in [2.45, 2.75) is 51.0 Å². The quantitative estimate of drug-likeness (QED) is 0.0606. The van der Waals surface area contributed by atoms with Crippen molar-refractivity contribution in [2.75, 3.05) is 76.5 Å². The zero-order chi connectivity index (χ0) is 61.2. The number of methoxy groups -OCH3 is 8. The van der Waals surface area contributed by atoms with E-state index in [1.54, 1.807) is 56.9 Å². The molecule has 0 aromatic heterocycles. The molecule has 0 N–H and O–H groups in total. The van der Waals surface area contributed by atoms with E-state index in [-0.39, 0.29) is 30.2 Å². The molecule has 0 heterocycles. The summed E-state index contributed by atoms with van der Waals surface area (Å²) >= 11 is 0. The van der Waals surface area contributed by atoms with Crippen LogP contribution in [0.5, 0.6) is 34.5 Å². The number of hydrogen-bond donors (Lipinski definition) is 0. The number of nitrogens with zero attached hydrogens (tertiary/aromatic N) is 4. The summed E-state index contributed by atoms with van der Waals surface area (Å²) in [6.45, 7) is 6.46. The zero-order valence-electron chi connectivity index (χ0n) is 51.7. The molecule has 0 spiro atoms. The van der Waals surface area contributed by atoms with E-state index >= 15 is 0 Å². The van der Waals surface area contributed by atoms with Crippen molar-refractivity contribution >= 4 is 56.9 Å². The fourth-order valence-electron chi connectivity index (χ4n) is 12.8. The van der Waals surface area contributed by atoms with Gasteiger partial charge in [0.2, 0.25) is 0 Å². The third-order valence-electron chi connectivity index (χ3n) is 17.7. The average molecular weight is 1170 g/mol. The fraction of sp³-hybridized carbons (Fsp3) is 0.211. The molecule has 88 heavy (non-hydrogen) atoms. The van der Waals surface area contributed by atoms with Crippen LogP contribution in [0.25, 0.3) is 22.3 Å². The summed E-state index contributed by atoms with van der Waals surface area (Å²) in [6.07, 6.45) is -0.455. The third-order valence-corrected chi connectivity index (χ3v) is 17.7. The van der Waals surface area contributed by atoms with Crippen molar-refractivity contribution in [1.82, 2.24) is 0 Å². The van der Waals surface area contributed by atoms with Gasteiger partial charge in [0, 0.05) is 82.9 Å². The van der Waals surface area contributed by atoms with E-state index in [4.69, 9.17) is 37.9 Å². The first-order valence-corrected chi connectivity index (χ1v) is 29.6. The molecule has 0 saturated heterocycles. The second-order valence-electron chi connectivity index (χ2n) is 22.2. The van der Waals surface area contributed by atoms with Crippen molar-refractivity contribution in [3.05, 3.63) is 241 Å². The minimum Gasteiger partial charge on any atom is -0.497 e. The molecule has 12 nitrogen and oxygen atoms in total. The zero-order valence-corrected chi connectivity index (χ0v) is 51.7. The molecular formula is C76H74N4O8. The summed E-state index contributed by atoms with van der Waals surface area (Å²) in [7, 11) is 13.7. The van der Waals surface area contributed by atoms with E-state index in [1.807, 2.05) is 72.8 Å². The fourth-order valence-corrected chi connectivity index (χ4v) is 12.8. The highest BCUT2D eigenvalue weighted by atomic mass is 16.5. The number of ether oxygens (including phenoxy) is 8. The van der Waals surface area contributed by atoms with Gasteiger partial charge in [0.15, 0.2) is 0 Å².